The highest BCUT2D eigenvalue weighted by molar-refractivity contribution is 7.91. The van der Waals surface area contributed by atoms with Gasteiger partial charge in [-0.25, -0.2) is 12.8 Å². The van der Waals surface area contributed by atoms with E-state index in [9.17, 15) is 17.6 Å². The predicted octanol–water partition coefficient (Wildman–Crippen LogP) is 3.53. The second-order valence-corrected chi connectivity index (χ2v) is 7.16. The van der Waals surface area contributed by atoms with Crippen LogP contribution in [0.1, 0.15) is 17.3 Å². The van der Waals surface area contributed by atoms with E-state index >= 15 is 0 Å². The highest BCUT2D eigenvalue weighted by Gasteiger charge is 2.21. The smallest absolute Gasteiger partial charge is 0.257 e. The minimum atomic E-state index is -3.56. The summed E-state index contributed by atoms with van der Waals surface area (Å²) in [6.07, 6.45) is 0. The van der Waals surface area contributed by atoms with Gasteiger partial charge in [-0.1, -0.05) is 30.7 Å². The van der Waals surface area contributed by atoms with Gasteiger partial charge in [0.2, 0.25) is 0 Å². The molecular formula is C15H13ClFNO3S. The van der Waals surface area contributed by atoms with E-state index in [4.69, 9.17) is 11.6 Å². The summed E-state index contributed by atoms with van der Waals surface area (Å²) in [6, 6.07) is 9.61. The maximum absolute atomic E-state index is 13.7. The molecule has 1 N–H and O–H groups in total. The lowest BCUT2D eigenvalue weighted by molar-refractivity contribution is 0.102. The molecule has 0 unspecified atom stereocenters. The zero-order valence-electron chi connectivity index (χ0n) is 11.6. The van der Waals surface area contributed by atoms with Gasteiger partial charge in [-0.05, 0) is 30.3 Å². The van der Waals surface area contributed by atoms with Crippen LogP contribution in [0.15, 0.2) is 47.4 Å². The Labute approximate surface area is 132 Å². The molecule has 1 amide bonds. The molecule has 2 aromatic rings. The molecule has 116 valence electrons. The number of hydrogen-bond donors (Lipinski definition) is 1. The van der Waals surface area contributed by atoms with E-state index in [0.717, 1.165) is 6.07 Å². The first-order valence-electron chi connectivity index (χ1n) is 6.43. The SMILES string of the molecule is CCS(=O)(=O)c1ccccc1C(=O)Nc1ccc(Cl)cc1F. The average molecular weight is 342 g/mol. The van der Waals surface area contributed by atoms with Crippen LogP contribution in [-0.2, 0) is 9.84 Å². The lowest BCUT2D eigenvalue weighted by Crippen LogP contribution is -2.17. The van der Waals surface area contributed by atoms with Crippen molar-refractivity contribution in [1.29, 1.82) is 0 Å². The van der Waals surface area contributed by atoms with Crippen LogP contribution in [0.2, 0.25) is 5.02 Å². The number of benzene rings is 2. The van der Waals surface area contributed by atoms with Crippen LogP contribution in [-0.4, -0.2) is 20.1 Å². The van der Waals surface area contributed by atoms with Crippen LogP contribution in [0, 0.1) is 5.82 Å². The molecule has 0 saturated carbocycles. The Morgan fingerprint density at radius 2 is 1.91 bits per heavy atom. The predicted molar refractivity (Wildman–Crippen MR) is 83.5 cm³/mol. The Kier molecular flexibility index (Phi) is 4.83. The number of hydrogen-bond acceptors (Lipinski definition) is 3. The summed E-state index contributed by atoms with van der Waals surface area (Å²) >= 11 is 5.64. The van der Waals surface area contributed by atoms with Crippen molar-refractivity contribution >= 4 is 33.0 Å². The second-order valence-electron chi connectivity index (χ2n) is 4.48. The van der Waals surface area contributed by atoms with Crippen LogP contribution in [0.4, 0.5) is 10.1 Å². The van der Waals surface area contributed by atoms with Crippen molar-refractivity contribution in [2.45, 2.75) is 11.8 Å². The molecule has 0 atom stereocenters. The summed E-state index contributed by atoms with van der Waals surface area (Å²) in [5.41, 5.74) is -0.100. The molecule has 0 aliphatic carbocycles. The third-order valence-electron chi connectivity index (χ3n) is 3.03. The Morgan fingerprint density at radius 1 is 1.23 bits per heavy atom. The fourth-order valence-corrected chi connectivity index (χ4v) is 3.11. The summed E-state index contributed by atoms with van der Waals surface area (Å²) < 4.78 is 37.7. The highest BCUT2D eigenvalue weighted by Crippen LogP contribution is 2.22. The molecule has 22 heavy (non-hydrogen) atoms. The minimum Gasteiger partial charge on any atom is -0.319 e. The quantitative estimate of drug-likeness (QED) is 0.925. The molecule has 0 saturated heterocycles. The summed E-state index contributed by atoms with van der Waals surface area (Å²) in [5, 5.41) is 2.55. The summed E-state index contributed by atoms with van der Waals surface area (Å²) in [5.74, 6) is -1.53. The van der Waals surface area contributed by atoms with Crippen LogP contribution < -0.4 is 5.32 Å². The molecule has 2 rings (SSSR count). The van der Waals surface area contributed by atoms with Gasteiger partial charge in [0.25, 0.3) is 5.91 Å². The largest absolute Gasteiger partial charge is 0.319 e. The van der Waals surface area contributed by atoms with Crippen molar-refractivity contribution in [2.75, 3.05) is 11.1 Å². The Balaban J connectivity index is 2.39. The topological polar surface area (TPSA) is 63.2 Å². The maximum atomic E-state index is 13.7. The Morgan fingerprint density at radius 3 is 2.55 bits per heavy atom. The van der Waals surface area contributed by atoms with Crippen molar-refractivity contribution < 1.29 is 17.6 Å². The molecule has 0 fully saturated rings. The third-order valence-corrected chi connectivity index (χ3v) is 5.05. The van der Waals surface area contributed by atoms with Crippen molar-refractivity contribution in [3.05, 3.63) is 58.9 Å². The molecule has 2 aromatic carbocycles. The number of rotatable bonds is 4. The van der Waals surface area contributed by atoms with E-state index in [1.807, 2.05) is 0 Å². The molecule has 0 radical (unpaired) electrons. The van der Waals surface area contributed by atoms with Crippen LogP contribution in [0.25, 0.3) is 0 Å². The first kappa shape index (κ1) is 16.5. The third kappa shape index (κ3) is 3.45. The minimum absolute atomic E-state index is 0.0290. The van der Waals surface area contributed by atoms with Gasteiger partial charge in [-0.2, -0.15) is 0 Å². The van der Waals surface area contributed by atoms with Gasteiger partial charge < -0.3 is 5.32 Å². The number of nitrogens with one attached hydrogen (secondary N) is 1. The van der Waals surface area contributed by atoms with E-state index in [2.05, 4.69) is 5.32 Å². The summed E-state index contributed by atoms with van der Waals surface area (Å²) in [4.78, 5) is 12.2. The molecule has 0 bridgehead atoms. The first-order valence-corrected chi connectivity index (χ1v) is 8.46. The van der Waals surface area contributed by atoms with Gasteiger partial charge in [0.15, 0.2) is 9.84 Å². The van der Waals surface area contributed by atoms with Gasteiger partial charge in [-0.15, -0.1) is 0 Å². The number of carbonyl (C=O) groups is 1. The van der Waals surface area contributed by atoms with Crippen LogP contribution in [0.5, 0.6) is 0 Å². The molecule has 0 aromatic heterocycles. The van der Waals surface area contributed by atoms with Gasteiger partial charge in [-0.3, -0.25) is 4.79 Å². The lowest BCUT2D eigenvalue weighted by Gasteiger charge is -2.10. The van der Waals surface area contributed by atoms with E-state index in [1.54, 1.807) is 6.07 Å². The summed E-state index contributed by atoms with van der Waals surface area (Å²) in [7, 11) is -3.56. The van der Waals surface area contributed by atoms with Crippen molar-refractivity contribution in [3.63, 3.8) is 0 Å². The highest BCUT2D eigenvalue weighted by atomic mass is 35.5. The molecule has 7 heteroatoms. The van der Waals surface area contributed by atoms with Crippen LogP contribution in [0.3, 0.4) is 0 Å². The monoisotopic (exact) mass is 341 g/mol. The Bertz CT molecular complexity index is 821. The van der Waals surface area contributed by atoms with E-state index in [1.165, 1.54) is 37.3 Å². The van der Waals surface area contributed by atoms with Crippen molar-refractivity contribution in [1.82, 2.24) is 0 Å². The fraction of sp³-hybridized carbons (Fsp3) is 0.133. The number of sulfone groups is 1. The van der Waals surface area contributed by atoms with E-state index < -0.39 is 21.6 Å². The number of carbonyl (C=O) groups excluding carboxylic acids is 1. The molecule has 0 aliphatic heterocycles. The normalized spacial score (nSPS) is 11.2. The zero-order valence-corrected chi connectivity index (χ0v) is 13.2. The standard InChI is InChI=1S/C15H13ClFNO3S/c1-2-22(20,21)14-6-4-3-5-11(14)15(19)18-13-8-7-10(16)9-12(13)17/h3-9H,2H2,1H3,(H,18,19). The molecule has 4 nitrogen and oxygen atoms in total. The van der Waals surface area contributed by atoms with Crippen molar-refractivity contribution in [3.8, 4) is 0 Å². The van der Waals surface area contributed by atoms with Crippen molar-refractivity contribution in [2.24, 2.45) is 0 Å². The average Bonchev–Trinajstić information content (AvgIpc) is 2.50. The maximum Gasteiger partial charge on any atom is 0.257 e. The Hall–Kier alpha value is -1.92. The molecule has 0 heterocycles. The fourth-order valence-electron chi connectivity index (χ4n) is 1.86. The van der Waals surface area contributed by atoms with E-state index in [-0.39, 0.29) is 26.9 Å². The first-order chi connectivity index (χ1) is 10.3. The summed E-state index contributed by atoms with van der Waals surface area (Å²) in [6.45, 7) is 1.49. The molecule has 0 spiro atoms. The van der Waals surface area contributed by atoms with Gasteiger partial charge in [0.05, 0.1) is 21.9 Å². The van der Waals surface area contributed by atoms with E-state index in [0.29, 0.717) is 0 Å². The number of amides is 1. The van der Waals surface area contributed by atoms with Gasteiger partial charge >= 0.3 is 0 Å². The second kappa shape index (κ2) is 6.46. The van der Waals surface area contributed by atoms with Crippen LogP contribution >= 0.6 is 11.6 Å². The van der Waals surface area contributed by atoms with Gasteiger partial charge in [0, 0.05) is 5.02 Å². The molecular weight excluding hydrogens is 329 g/mol. The zero-order chi connectivity index (χ0) is 16.3. The lowest BCUT2D eigenvalue weighted by atomic mass is 10.2. The number of anilines is 1. The van der Waals surface area contributed by atoms with Gasteiger partial charge in [0.1, 0.15) is 5.82 Å². The number of halogens is 2. The molecule has 0 aliphatic rings.